The van der Waals surface area contributed by atoms with Crippen molar-refractivity contribution >= 4 is 23.9 Å². The molecule has 0 unspecified atom stereocenters. The Labute approximate surface area is 211 Å². The van der Waals surface area contributed by atoms with Gasteiger partial charge in [0.25, 0.3) is 11.8 Å². The fourth-order valence-corrected chi connectivity index (χ4v) is 3.38. The number of imide groups is 1. The molecular formula is C24H38N2O10. The molecule has 0 radical (unpaired) electrons. The number of allylic oxidation sites excluding steroid dienone is 2. The van der Waals surface area contributed by atoms with E-state index in [1.54, 1.807) is 0 Å². The zero-order valence-electron chi connectivity index (χ0n) is 20.8. The molecule has 0 aromatic heterocycles. The SMILES string of the molecule is O=C(CCOCCOCCOCCOCCNC(=O)O[C@@H]1CC/C=C/CCC1)ON1C(=O)CCC1=O. The Hall–Kier alpha value is -2.54. The number of hydrogen-bond donors (Lipinski definition) is 1. The van der Waals surface area contributed by atoms with Gasteiger partial charge >= 0.3 is 12.1 Å². The summed E-state index contributed by atoms with van der Waals surface area (Å²) in [6, 6.07) is 0. The highest BCUT2D eigenvalue weighted by Gasteiger charge is 2.32. The quantitative estimate of drug-likeness (QED) is 0.173. The molecule has 1 N–H and O–H groups in total. The van der Waals surface area contributed by atoms with Crippen LogP contribution in [0, 0.1) is 0 Å². The number of alkyl carbamates (subject to hydrolysis) is 1. The van der Waals surface area contributed by atoms with Crippen LogP contribution in [0.25, 0.3) is 0 Å². The van der Waals surface area contributed by atoms with Gasteiger partial charge in [0.2, 0.25) is 0 Å². The minimum atomic E-state index is -0.700. The number of hydrogen-bond acceptors (Lipinski definition) is 10. The maximum atomic E-state index is 11.8. The first-order chi connectivity index (χ1) is 17.6. The van der Waals surface area contributed by atoms with Crippen molar-refractivity contribution in [2.45, 2.75) is 57.5 Å². The lowest BCUT2D eigenvalue weighted by molar-refractivity contribution is -0.198. The Balaban J connectivity index is 1.29. The Morgan fingerprint density at radius 2 is 1.39 bits per heavy atom. The normalized spacial score (nSPS) is 19.0. The van der Waals surface area contributed by atoms with Crippen molar-refractivity contribution in [3.05, 3.63) is 12.2 Å². The van der Waals surface area contributed by atoms with Crippen molar-refractivity contribution in [1.82, 2.24) is 10.4 Å². The van der Waals surface area contributed by atoms with Gasteiger partial charge in [0.1, 0.15) is 6.10 Å². The average Bonchev–Trinajstić information content (AvgIpc) is 3.15. The molecule has 1 atom stereocenters. The maximum absolute atomic E-state index is 11.8. The zero-order chi connectivity index (χ0) is 25.8. The fraction of sp³-hybridized carbons (Fsp3) is 0.750. The molecule has 36 heavy (non-hydrogen) atoms. The molecule has 0 saturated carbocycles. The molecular weight excluding hydrogens is 476 g/mol. The number of nitrogens with zero attached hydrogens (tertiary/aromatic N) is 1. The van der Waals surface area contributed by atoms with Gasteiger partial charge in [-0.3, -0.25) is 9.59 Å². The second kappa shape index (κ2) is 18.7. The second-order valence-electron chi connectivity index (χ2n) is 8.18. The molecule has 1 aliphatic carbocycles. The van der Waals surface area contributed by atoms with Gasteiger partial charge in [-0.1, -0.05) is 12.2 Å². The van der Waals surface area contributed by atoms with E-state index in [0.717, 1.165) is 32.1 Å². The van der Waals surface area contributed by atoms with Gasteiger partial charge in [0, 0.05) is 19.4 Å². The molecule has 204 valence electrons. The summed E-state index contributed by atoms with van der Waals surface area (Å²) >= 11 is 0. The first-order valence-corrected chi connectivity index (χ1v) is 12.5. The third kappa shape index (κ3) is 13.5. The molecule has 3 amide bonds. The third-order valence-electron chi connectivity index (χ3n) is 5.27. The molecule has 0 aromatic carbocycles. The fourth-order valence-electron chi connectivity index (χ4n) is 3.38. The Morgan fingerprint density at radius 3 is 2.06 bits per heavy atom. The molecule has 1 aliphatic heterocycles. The smallest absolute Gasteiger partial charge is 0.407 e. The molecule has 0 spiro atoms. The zero-order valence-corrected chi connectivity index (χ0v) is 20.8. The molecule has 12 heteroatoms. The van der Waals surface area contributed by atoms with Crippen LogP contribution in [0.1, 0.15) is 51.4 Å². The van der Waals surface area contributed by atoms with E-state index in [1.165, 1.54) is 0 Å². The maximum Gasteiger partial charge on any atom is 0.407 e. The Morgan fingerprint density at radius 1 is 0.806 bits per heavy atom. The number of amides is 3. The molecule has 0 aromatic rings. The van der Waals surface area contributed by atoms with E-state index in [1.807, 2.05) is 0 Å². The van der Waals surface area contributed by atoms with Crippen molar-refractivity contribution in [1.29, 1.82) is 0 Å². The van der Waals surface area contributed by atoms with Crippen LogP contribution in [-0.2, 0) is 42.9 Å². The van der Waals surface area contributed by atoms with Crippen molar-refractivity contribution in [2.24, 2.45) is 0 Å². The number of hydroxylamine groups is 2. The van der Waals surface area contributed by atoms with Gasteiger partial charge < -0.3 is 33.8 Å². The summed E-state index contributed by atoms with van der Waals surface area (Å²) < 4.78 is 26.9. The van der Waals surface area contributed by atoms with Gasteiger partial charge in [0.05, 0.1) is 59.3 Å². The number of rotatable bonds is 17. The summed E-state index contributed by atoms with van der Waals surface area (Å²) in [6.45, 7) is 3.05. The molecule has 2 rings (SSSR count). The number of carbonyl (C=O) groups excluding carboxylic acids is 4. The standard InChI is InChI=1S/C24H38N2O10/c27-21-8-9-22(28)26(21)36-23(29)10-12-31-14-16-33-18-19-34-17-15-32-13-11-25-24(30)35-20-6-4-2-1-3-5-7-20/h1-2,20H,3-19H2,(H,25,30)/b2-1+/t20-/m1/s1. The van der Waals surface area contributed by atoms with Gasteiger partial charge in [-0.05, 0) is 32.1 Å². The number of nitrogens with one attached hydrogen (secondary N) is 1. The van der Waals surface area contributed by atoms with Crippen molar-refractivity contribution in [3.63, 3.8) is 0 Å². The minimum Gasteiger partial charge on any atom is -0.446 e. The van der Waals surface area contributed by atoms with Gasteiger partial charge in [0.15, 0.2) is 0 Å². The summed E-state index contributed by atoms with van der Waals surface area (Å²) in [5.41, 5.74) is 0. The van der Waals surface area contributed by atoms with E-state index >= 15 is 0 Å². The number of ether oxygens (including phenoxy) is 5. The minimum absolute atomic E-state index is 0.0254. The van der Waals surface area contributed by atoms with Crippen LogP contribution in [0.3, 0.4) is 0 Å². The average molecular weight is 515 g/mol. The van der Waals surface area contributed by atoms with Gasteiger partial charge in [-0.25, -0.2) is 9.59 Å². The third-order valence-corrected chi connectivity index (χ3v) is 5.27. The number of carbonyl (C=O) groups is 4. The second-order valence-corrected chi connectivity index (χ2v) is 8.18. The Kier molecular flexibility index (Phi) is 15.4. The molecule has 0 bridgehead atoms. The lowest BCUT2D eigenvalue weighted by Gasteiger charge is -2.18. The topological polar surface area (TPSA) is 139 Å². The first kappa shape index (κ1) is 29.7. The summed E-state index contributed by atoms with van der Waals surface area (Å²) in [7, 11) is 0. The predicted octanol–water partition coefficient (Wildman–Crippen LogP) is 1.67. The van der Waals surface area contributed by atoms with Crippen molar-refractivity contribution in [3.8, 4) is 0 Å². The van der Waals surface area contributed by atoms with Crippen LogP contribution in [-0.4, -0.2) is 94.4 Å². The molecule has 1 saturated heterocycles. The highest BCUT2D eigenvalue weighted by Crippen LogP contribution is 2.15. The lowest BCUT2D eigenvalue weighted by Crippen LogP contribution is -2.32. The van der Waals surface area contributed by atoms with Crippen molar-refractivity contribution < 1.29 is 47.7 Å². The summed E-state index contributed by atoms with van der Waals surface area (Å²) in [5.74, 6) is -1.72. The van der Waals surface area contributed by atoms with E-state index in [4.69, 9.17) is 28.5 Å². The van der Waals surface area contributed by atoms with Crippen LogP contribution >= 0.6 is 0 Å². The Bertz CT molecular complexity index is 699. The van der Waals surface area contributed by atoms with Gasteiger partial charge in [-0.2, -0.15) is 0 Å². The lowest BCUT2D eigenvalue weighted by atomic mass is 10.0. The van der Waals surface area contributed by atoms with E-state index in [2.05, 4.69) is 17.5 Å². The van der Waals surface area contributed by atoms with Crippen LogP contribution in [0.2, 0.25) is 0 Å². The molecule has 1 fully saturated rings. The summed E-state index contributed by atoms with van der Waals surface area (Å²) in [4.78, 5) is 50.9. The van der Waals surface area contributed by atoms with Crippen molar-refractivity contribution in [2.75, 3.05) is 59.4 Å². The van der Waals surface area contributed by atoms with E-state index in [-0.39, 0.29) is 38.6 Å². The molecule has 1 heterocycles. The van der Waals surface area contributed by atoms with Crippen LogP contribution < -0.4 is 5.32 Å². The highest BCUT2D eigenvalue weighted by atomic mass is 16.7. The van der Waals surface area contributed by atoms with E-state index in [0.29, 0.717) is 51.2 Å². The van der Waals surface area contributed by atoms with Crippen LogP contribution in [0.5, 0.6) is 0 Å². The first-order valence-electron chi connectivity index (χ1n) is 12.5. The monoisotopic (exact) mass is 514 g/mol. The van der Waals surface area contributed by atoms with E-state index in [9.17, 15) is 19.2 Å². The van der Waals surface area contributed by atoms with E-state index < -0.39 is 23.9 Å². The predicted molar refractivity (Wildman–Crippen MR) is 126 cm³/mol. The van der Waals surface area contributed by atoms with Gasteiger partial charge in [-0.15, -0.1) is 5.06 Å². The molecule has 12 nitrogen and oxygen atoms in total. The summed E-state index contributed by atoms with van der Waals surface area (Å²) in [5, 5.41) is 3.22. The highest BCUT2D eigenvalue weighted by molar-refractivity contribution is 6.01. The van der Waals surface area contributed by atoms with Crippen LogP contribution in [0.4, 0.5) is 4.79 Å². The largest absolute Gasteiger partial charge is 0.446 e. The summed E-state index contributed by atoms with van der Waals surface area (Å²) in [6.07, 6.45) is 8.70. The molecule has 2 aliphatic rings. The van der Waals surface area contributed by atoms with Crippen LogP contribution in [0.15, 0.2) is 12.2 Å².